The monoisotopic (exact) mass is 442 g/mol. The zero-order chi connectivity index (χ0) is 22.8. The second-order valence-electron chi connectivity index (χ2n) is 9.45. The van der Waals surface area contributed by atoms with Gasteiger partial charge in [0.15, 0.2) is 0 Å². The molecule has 1 fully saturated rings. The van der Waals surface area contributed by atoms with Crippen LogP contribution in [0.4, 0.5) is 4.39 Å². The van der Waals surface area contributed by atoms with Crippen molar-refractivity contribution in [3.05, 3.63) is 95.3 Å². The van der Waals surface area contributed by atoms with Crippen LogP contribution in [0.25, 0.3) is 11.0 Å². The van der Waals surface area contributed by atoms with E-state index < -0.39 is 0 Å². The molecule has 5 heteroatoms. The molecule has 2 aromatic heterocycles. The fourth-order valence-electron chi connectivity index (χ4n) is 5.09. The van der Waals surface area contributed by atoms with E-state index in [0.29, 0.717) is 18.4 Å². The highest BCUT2D eigenvalue weighted by Gasteiger charge is 2.24. The molecule has 33 heavy (non-hydrogen) atoms. The Morgan fingerprint density at radius 3 is 2.70 bits per heavy atom. The average Bonchev–Trinajstić information content (AvgIpc) is 3.18. The minimum atomic E-state index is -0.189. The van der Waals surface area contributed by atoms with Crippen molar-refractivity contribution in [3.8, 4) is 0 Å². The number of likely N-dealkylation sites (tertiary alicyclic amines) is 1. The van der Waals surface area contributed by atoms with E-state index in [1.807, 2.05) is 12.3 Å². The molecule has 4 nitrogen and oxygen atoms in total. The Kier molecular flexibility index (Phi) is 6.23. The topological polar surface area (TPSA) is 34.0 Å². The third kappa shape index (κ3) is 4.83. The van der Waals surface area contributed by atoms with E-state index in [4.69, 9.17) is 9.97 Å². The van der Waals surface area contributed by atoms with Crippen LogP contribution in [0.1, 0.15) is 61.3 Å². The zero-order valence-corrected chi connectivity index (χ0v) is 19.4. The van der Waals surface area contributed by atoms with Crippen LogP contribution in [0.15, 0.2) is 66.9 Å². The molecule has 0 amide bonds. The summed E-state index contributed by atoms with van der Waals surface area (Å²) >= 11 is 0. The summed E-state index contributed by atoms with van der Waals surface area (Å²) in [7, 11) is 0. The summed E-state index contributed by atoms with van der Waals surface area (Å²) in [5.41, 5.74) is 5.53. The summed E-state index contributed by atoms with van der Waals surface area (Å²) in [6.45, 7) is 7.41. The first-order valence-electron chi connectivity index (χ1n) is 11.9. The van der Waals surface area contributed by atoms with Crippen LogP contribution in [0.2, 0.25) is 0 Å². The molecular formula is C28H31FN4. The maximum absolute atomic E-state index is 13.5. The van der Waals surface area contributed by atoms with Gasteiger partial charge in [-0.1, -0.05) is 30.3 Å². The van der Waals surface area contributed by atoms with Gasteiger partial charge in [-0.25, -0.2) is 9.37 Å². The van der Waals surface area contributed by atoms with Gasteiger partial charge in [-0.2, -0.15) is 0 Å². The maximum atomic E-state index is 13.5. The minimum absolute atomic E-state index is 0.189. The van der Waals surface area contributed by atoms with Crippen LogP contribution in [0, 0.1) is 5.82 Å². The van der Waals surface area contributed by atoms with Crippen LogP contribution in [0.5, 0.6) is 0 Å². The summed E-state index contributed by atoms with van der Waals surface area (Å²) in [5.74, 6) is 1.38. The first kappa shape index (κ1) is 21.8. The predicted molar refractivity (Wildman–Crippen MR) is 131 cm³/mol. The molecule has 1 atom stereocenters. The van der Waals surface area contributed by atoms with Crippen LogP contribution in [-0.4, -0.2) is 32.5 Å². The molecule has 5 rings (SSSR count). The molecule has 1 aliphatic rings. The van der Waals surface area contributed by atoms with Crippen molar-refractivity contribution in [3.63, 3.8) is 0 Å². The number of rotatable bonds is 6. The van der Waals surface area contributed by atoms with Gasteiger partial charge in [-0.3, -0.25) is 9.88 Å². The Morgan fingerprint density at radius 1 is 1.03 bits per heavy atom. The van der Waals surface area contributed by atoms with Crippen molar-refractivity contribution in [2.24, 2.45) is 0 Å². The summed E-state index contributed by atoms with van der Waals surface area (Å²) < 4.78 is 15.8. The van der Waals surface area contributed by atoms with Crippen LogP contribution >= 0.6 is 0 Å². The van der Waals surface area contributed by atoms with Crippen LogP contribution < -0.4 is 0 Å². The number of aromatic nitrogens is 3. The molecular weight excluding hydrogens is 411 g/mol. The molecule has 0 radical (unpaired) electrons. The SMILES string of the molecule is CC(C)n1c(CN2CCCC(c3ccc(Cc4cccc(F)c4)cn3)C2)nc2ccccc21. The highest BCUT2D eigenvalue weighted by Crippen LogP contribution is 2.28. The molecule has 0 bridgehead atoms. The van der Waals surface area contributed by atoms with E-state index in [9.17, 15) is 4.39 Å². The van der Waals surface area contributed by atoms with Gasteiger partial charge in [0, 0.05) is 30.4 Å². The number of nitrogens with zero attached hydrogens (tertiary/aromatic N) is 4. The Bertz CT molecular complexity index is 1230. The zero-order valence-electron chi connectivity index (χ0n) is 19.4. The molecule has 0 spiro atoms. The van der Waals surface area contributed by atoms with Crippen molar-refractivity contribution in [1.29, 1.82) is 0 Å². The third-order valence-corrected chi connectivity index (χ3v) is 6.62. The summed E-state index contributed by atoms with van der Waals surface area (Å²) in [4.78, 5) is 12.3. The van der Waals surface area contributed by atoms with Gasteiger partial charge in [-0.05, 0) is 81.1 Å². The Hall–Kier alpha value is -3.05. The van der Waals surface area contributed by atoms with E-state index in [1.54, 1.807) is 12.1 Å². The first-order chi connectivity index (χ1) is 16.1. The van der Waals surface area contributed by atoms with Crippen LogP contribution in [-0.2, 0) is 13.0 Å². The van der Waals surface area contributed by atoms with Crippen molar-refractivity contribution >= 4 is 11.0 Å². The number of hydrogen-bond acceptors (Lipinski definition) is 3. The van der Waals surface area contributed by atoms with E-state index in [0.717, 1.165) is 54.2 Å². The lowest BCUT2D eigenvalue weighted by Gasteiger charge is -2.32. The second kappa shape index (κ2) is 9.44. The Labute approximate surface area is 195 Å². The number of fused-ring (bicyclic) bond motifs is 1. The lowest BCUT2D eigenvalue weighted by Crippen LogP contribution is -2.35. The number of hydrogen-bond donors (Lipinski definition) is 0. The lowest BCUT2D eigenvalue weighted by atomic mass is 9.93. The highest BCUT2D eigenvalue weighted by molar-refractivity contribution is 5.76. The molecule has 1 unspecified atom stereocenters. The van der Waals surface area contributed by atoms with Crippen molar-refractivity contribution in [1.82, 2.24) is 19.4 Å². The van der Waals surface area contributed by atoms with E-state index in [1.165, 1.54) is 18.0 Å². The molecule has 1 saturated heterocycles. The molecule has 0 saturated carbocycles. The number of pyridine rings is 1. The maximum Gasteiger partial charge on any atom is 0.124 e. The van der Waals surface area contributed by atoms with Gasteiger partial charge in [0.2, 0.25) is 0 Å². The molecule has 1 aliphatic heterocycles. The van der Waals surface area contributed by atoms with Crippen molar-refractivity contribution in [2.45, 2.75) is 51.6 Å². The number of imidazole rings is 1. The minimum Gasteiger partial charge on any atom is -0.324 e. The summed E-state index contributed by atoms with van der Waals surface area (Å²) in [6, 6.07) is 19.9. The smallest absolute Gasteiger partial charge is 0.124 e. The Balaban J connectivity index is 1.28. The number of piperidine rings is 1. The molecule has 0 aliphatic carbocycles. The fraction of sp³-hybridized carbons (Fsp3) is 0.357. The Morgan fingerprint density at radius 2 is 1.91 bits per heavy atom. The van der Waals surface area contributed by atoms with Gasteiger partial charge < -0.3 is 4.57 Å². The van der Waals surface area contributed by atoms with Gasteiger partial charge in [0.05, 0.1) is 17.6 Å². The fourth-order valence-corrected chi connectivity index (χ4v) is 5.09. The van der Waals surface area contributed by atoms with E-state index >= 15 is 0 Å². The van der Waals surface area contributed by atoms with Crippen LogP contribution in [0.3, 0.4) is 0 Å². The van der Waals surface area contributed by atoms with Gasteiger partial charge >= 0.3 is 0 Å². The standard InChI is InChI=1S/C28H31FN4/c1-20(2)33-27-11-4-3-10-26(27)31-28(33)19-32-14-6-8-23(18-32)25-13-12-22(17-30-25)15-21-7-5-9-24(29)16-21/h3-5,7,9-13,16-17,20,23H,6,8,14-15,18-19H2,1-2H3. The van der Waals surface area contributed by atoms with Gasteiger partial charge in [0.1, 0.15) is 11.6 Å². The number of benzene rings is 2. The first-order valence-corrected chi connectivity index (χ1v) is 11.9. The normalized spacial score (nSPS) is 17.2. The second-order valence-corrected chi connectivity index (χ2v) is 9.45. The molecule has 3 heterocycles. The third-order valence-electron chi connectivity index (χ3n) is 6.62. The molecule has 0 N–H and O–H groups in total. The molecule has 4 aromatic rings. The predicted octanol–water partition coefficient (Wildman–Crippen LogP) is 6.12. The molecule has 2 aromatic carbocycles. The largest absolute Gasteiger partial charge is 0.324 e. The summed E-state index contributed by atoms with van der Waals surface area (Å²) in [6.07, 6.45) is 4.98. The van der Waals surface area contributed by atoms with Gasteiger partial charge in [-0.15, -0.1) is 0 Å². The van der Waals surface area contributed by atoms with Gasteiger partial charge in [0.25, 0.3) is 0 Å². The van der Waals surface area contributed by atoms with E-state index in [2.05, 4.69) is 59.7 Å². The summed E-state index contributed by atoms with van der Waals surface area (Å²) in [5, 5.41) is 0. The highest BCUT2D eigenvalue weighted by atomic mass is 19.1. The molecule has 170 valence electrons. The lowest BCUT2D eigenvalue weighted by molar-refractivity contribution is 0.191. The average molecular weight is 443 g/mol. The van der Waals surface area contributed by atoms with E-state index in [-0.39, 0.29) is 5.82 Å². The number of halogens is 1. The number of para-hydroxylation sites is 2. The van der Waals surface area contributed by atoms with Crippen molar-refractivity contribution < 1.29 is 4.39 Å². The quantitative estimate of drug-likeness (QED) is 0.361. The van der Waals surface area contributed by atoms with Crippen molar-refractivity contribution in [2.75, 3.05) is 13.1 Å².